The molecule has 4 rings (SSSR count). The first-order valence-electron chi connectivity index (χ1n) is 9.36. The molecular weight excluding hydrogens is 374 g/mol. The van der Waals surface area contributed by atoms with Gasteiger partial charge in [0.25, 0.3) is 0 Å². The van der Waals surface area contributed by atoms with Gasteiger partial charge in [0, 0.05) is 67.3 Å². The topological polar surface area (TPSA) is 65.4 Å². The standard InChI is InChI=1S/C21H22ClN5O/c22-18-5-3-16(4-6-18)19-14-20(27-10-8-26(9-11-27)12-13-28)25-21(24-19)17-2-1-7-23-15-17/h1-7,14-15,28H,8-13H2. The van der Waals surface area contributed by atoms with Gasteiger partial charge in [0.05, 0.1) is 12.3 Å². The SMILES string of the molecule is OCCN1CCN(c2cc(-c3ccc(Cl)cc3)nc(-c3cccnc3)n2)CC1. The van der Waals surface area contributed by atoms with Crippen LogP contribution in [0.2, 0.25) is 5.02 Å². The number of aromatic nitrogens is 3. The highest BCUT2D eigenvalue weighted by Crippen LogP contribution is 2.27. The summed E-state index contributed by atoms with van der Waals surface area (Å²) in [6.07, 6.45) is 3.53. The molecule has 1 N–H and O–H groups in total. The van der Waals surface area contributed by atoms with Crippen molar-refractivity contribution >= 4 is 17.4 Å². The van der Waals surface area contributed by atoms with E-state index in [0.29, 0.717) is 17.4 Å². The van der Waals surface area contributed by atoms with Gasteiger partial charge in [0.2, 0.25) is 0 Å². The summed E-state index contributed by atoms with van der Waals surface area (Å²) in [6, 6.07) is 13.6. The molecule has 1 aliphatic rings. The Balaban J connectivity index is 1.69. The summed E-state index contributed by atoms with van der Waals surface area (Å²) in [5, 5.41) is 9.85. The van der Waals surface area contributed by atoms with E-state index < -0.39 is 0 Å². The van der Waals surface area contributed by atoms with Gasteiger partial charge in [-0.2, -0.15) is 0 Å². The number of aliphatic hydroxyl groups is 1. The van der Waals surface area contributed by atoms with E-state index in [9.17, 15) is 0 Å². The molecule has 0 atom stereocenters. The van der Waals surface area contributed by atoms with Crippen LogP contribution < -0.4 is 4.90 Å². The minimum absolute atomic E-state index is 0.194. The highest BCUT2D eigenvalue weighted by atomic mass is 35.5. The fraction of sp³-hybridized carbons (Fsp3) is 0.286. The molecule has 144 valence electrons. The normalized spacial score (nSPS) is 15.0. The monoisotopic (exact) mass is 395 g/mol. The molecule has 0 bridgehead atoms. The first kappa shape index (κ1) is 18.8. The summed E-state index contributed by atoms with van der Waals surface area (Å²) in [5.74, 6) is 1.57. The smallest absolute Gasteiger partial charge is 0.163 e. The minimum atomic E-state index is 0.194. The van der Waals surface area contributed by atoms with E-state index in [1.165, 1.54) is 0 Å². The average molecular weight is 396 g/mol. The Kier molecular flexibility index (Phi) is 5.81. The first-order valence-corrected chi connectivity index (χ1v) is 9.74. The van der Waals surface area contributed by atoms with Gasteiger partial charge >= 0.3 is 0 Å². The Bertz CT molecular complexity index is 912. The molecule has 0 spiro atoms. The number of nitrogens with zero attached hydrogens (tertiary/aromatic N) is 5. The van der Waals surface area contributed by atoms with E-state index in [-0.39, 0.29) is 6.61 Å². The Morgan fingerprint density at radius 2 is 1.75 bits per heavy atom. The molecule has 6 nitrogen and oxygen atoms in total. The highest BCUT2D eigenvalue weighted by molar-refractivity contribution is 6.30. The Morgan fingerprint density at radius 1 is 0.964 bits per heavy atom. The third-order valence-electron chi connectivity index (χ3n) is 4.88. The Morgan fingerprint density at radius 3 is 2.43 bits per heavy atom. The van der Waals surface area contributed by atoms with Crippen LogP contribution in [0, 0.1) is 0 Å². The van der Waals surface area contributed by atoms with E-state index in [1.54, 1.807) is 12.4 Å². The molecule has 1 fully saturated rings. The predicted octanol–water partition coefficient (Wildman–Crippen LogP) is 2.97. The maximum absolute atomic E-state index is 9.15. The summed E-state index contributed by atoms with van der Waals surface area (Å²) in [6.45, 7) is 4.45. The molecule has 0 amide bonds. The molecule has 1 saturated heterocycles. The van der Waals surface area contributed by atoms with Crippen LogP contribution in [0.15, 0.2) is 54.9 Å². The molecular formula is C21H22ClN5O. The molecule has 0 saturated carbocycles. The fourth-order valence-electron chi connectivity index (χ4n) is 3.33. The lowest BCUT2D eigenvalue weighted by Crippen LogP contribution is -2.47. The number of halogens is 1. The van der Waals surface area contributed by atoms with Gasteiger partial charge in [-0.3, -0.25) is 9.88 Å². The van der Waals surface area contributed by atoms with Crippen LogP contribution in [0.3, 0.4) is 0 Å². The zero-order valence-electron chi connectivity index (χ0n) is 15.5. The van der Waals surface area contributed by atoms with Crippen molar-refractivity contribution in [2.24, 2.45) is 0 Å². The van der Waals surface area contributed by atoms with Gasteiger partial charge in [-0.15, -0.1) is 0 Å². The van der Waals surface area contributed by atoms with E-state index in [0.717, 1.165) is 48.8 Å². The van der Waals surface area contributed by atoms with Gasteiger partial charge in [-0.05, 0) is 24.3 Å². The number of benzene rings is 1. The van der Waals surface area contributed by atoms with Crippen molar-refractivity contribution in [2.45, 2.75) is 0 Å². The third kappa shape index (κ3) is 4.30. The molecule has 2 aromatic heterocycles. The number of aliphatic hydroxyl groups excluding tert-OH is 1. The zero-order chi connectivity index (χ0) is 19.3. The van der Waals surface area contributed by atoms with Crippen molar-refractivity contribution in [1.29, 1.82) is 0 Å². The van der Waals surface area contributed by atoms with Gasteiger partial charge in [0.15, 0.2) is 5.82 Å². The van der Waals surface area contributed by atoms with Crippen molar-refractivity contribution in [1.82, 2.24) is 19.9 Å². The van der Waals surface area contributed by atoms with E-state index in [1.807, 2.05) is 42.5 Å². The molecule has 3 aromatic rings. The van der Waals surface area contributed by atoms with Gasteiger partial charge in [-0.25, -0.2) is 9.97 Å². The van der Waals surface area contributed by atoms with Gasteiger partial charge in [0.1, 0.15) is 5.82 Å². The second-order valence-corrected chi connectivity index (χ2v) is 7.17. The van der Waals surface area contributed by atoms with Crippen LogP contribution in [0.25, 0.3) is 22.6 Å². The zero-order valence-corrected chi connectivity index (χ0v) is 16.3. The Labute approximate surface area is 169 Å². The van der Waals surface area contributed by atoms with Crippen LogP contribution >= 0.6 is 11.6 Å². The van der Waals surface area contributed by atoms with Crippen molar-refractivity contribution < 1.29 is 5.11 Å². The number of hydrogen-bond donors (Lipinski definition) is 1. The number of β-amino-alcohol motifs (C(OH)–C–C–N with tert-alkyl or cyclic N) is 1. The van der Waals surface area contributed by atoms with Crippen molar-refractivity contribution in [2.75, 3.05) is 44.2 Å². The van der Waals surface area contributed by atoms with Crippen LogP contribution in [-0.4, -0.2) is 64.3 Å². The second-order valence-electron chi connectivity index (χ2n) is 6.74. The van der Waals surface area contributed by atoms with Crippen molar-refractivity contribution in [3.05, 3.63) is 59.9 Å². The van der Waals surface area contributed by atoms with E-state index >= 15 is 0 Å². The number of pyridine rings is 1. The summed E-state index contributed by atoms with van der Waals surface area (Å²) < 4.78 is 0. The molecule has 1 aromatic carbocycles. The van der Waals surface area contributed by atoms with Crippen LogP contribution in [0.5, 0.6) is 0 Å². The van der Waals surface area contributed by atoms with Crippen LogP contribution in [0.4, 0.5) is 5.82 Å². The summed E-state index contributed by atoms with van der Waals surface area (Å²) >= 11 is 6.05. The second kappa shape index (κ2) is 8.65. The van der Waals surface area contributed by atoms with Gasteiger partial charge in [-0.1, -0.05) is 23.7 Å². The molecule has 0 radical (unpaired) electrons. The maximum Gasteiger partial charge on any atom is 0.163 e. The molecule has 7 heteroatoms. The lowest BCUT2D eigenvalue weighted by Gasteiger charge is -2.35. The quantitative estimate of drug-likeness (QED) is 0.716. The van der Waals surface area contributed by atoms with Crippen molar-refractivity contribution in [3.63, 3.8) is 0 Å². The molecule has 0 aliphatic carbocycles. The number of piperazine rings is 1. The Hall–Kier alpha value is -2.54. The van der Waals surface area contributed by atoms with Crippen molar-refractivity contribution in [3.8, 4) is 22.6 Å². The summed E-state index contributed by atoms with van der Waals surface area (Å²) in [4.78, 5) is 18.3. The lowest BCUT2D eigenvalue weighted by molar-refractivity contribution is 0.188. The van der Waals surface area contributed by atoms with Crippen LogP contribution in [0.1, 0.15) is 0 Å². The number of rotatable bonds is 5. The maximum atomic E-state index is 9.15. The molecule has 3 heterocycles. The first-order chi connectivity index (χ1) is 13.7. The largest absolute Gasteiger partial charge is 0.395 e. The third-order valence-corrected chi connectivity index (χ3v) is 5.14. The molecule has 0 unspecified atom stereocenters. The highest BCUT2D eigenvalue weighted by Gasteiger charge is 2.19. The predicted molar refractivity (Wildman–Crippen MR) is 111 cm³/mol. The van der Waals surface area contributed by atoms with E-state index in [4.69, 9.17) is 26.7 Å². The van der Waals surface area contributed by atoms with E-state index in [2.05, 4.69) is 14.8 Å². The number of hydrogen-bond acceptors (Lipinski definition) is 6. The minimum Gasteiger partial charge on any atom is -0.395 e. The molecule has 28 heavy (non-hydrogen) atoms. The number of anilines is 1. The average Bonchev–Trinajstić information content (AvgIpc) is 2.75. The van der Waals surface area contributed by atoms with Gasteiger partial charge < -0.3 is 10.0 Å². The molecule has 1 aliphatic heterocycles. The fourth-order valence-corrected chi connectivity index (χ4v) is 3.46. The van der Waals surface area contributed by atoms with Crippen LogP contribution in [-0.2, 0) is 0 Å². The lowest BCUT2D eigenvalue weighted by atomic mass is 10.1. The summed E-state index contributed by atoms with van der Waals surface area (Å²) in [5.41, 5.74) is 2.74. The summed E-state index contributed by atoms with van der Waals surface area (Å²) in [7, 11) is 0.